The molecule has 1 saturated heterocycles. The van der Waals surface area contributed by atoms with Gasteiger partial charge in [0.1, 0.15) is 0 Å². The van der Waals surface area contributed by atoms with Crippen molar-refractivity contribution < 1.29 is 0 Å². The molecule has 0 aromatic heterocycles. The number of piperidine rings is 1. The van der Waals surface area contributed by atoms with E-state index in [9.17, 15) is 0 Å². The minimum atomic E-state index is 0.877. The van der Waals surface area contributed by atoms with Gasteiger partial charge in [-0.2, -0.15) is 0 Å². The molecule has 2 aliphatic rings. The van der Waals surface area contributed by atoms with Gasteiger partial charge in [-0.3, -0.25) is 0 Å². The summed E-state index contributed by atoms with van der Waals surface area (Å²) in [5.74, 6) is 2.77. The zero-order valence-electron chi connectivity index (χ0n) is 13.3. The van der Waals surface area contributed by atoms with E-state index in [1.54, 1.807) is 0 Å². The lowest BCUT2D eigenvalue weighted by molar-refractivity contribution is 0.0783. The fourth-order valence-electron chi connectivity index (χ4n) is 4.36. The molecule has 2 rings (SSSR count). The van der Waals surface area contributed by atoms with Gasteiger partial charge >= 0.3 is 0 Å². The van der Waals surface area contributed by atoms with Gasteiger partial charge in [0.15, 0.2) is 0 Å². The van der Waals surface area contributed by atoms with Crippen LogP contribution in [0.15, 0.2) is 0 Å². The average Bonchev–Trinajstić information content (AvgIpc) is 2.39. The molecule has 2 nitrogen and oxygen atoms in total. The molecule has 1 heterocycles. The Balaban J connectivity index is 1.82. The Bertz CT molecular complexity index is 250. The van der Waals surface area contributed by atoms with Crippen molar-refractivity contribution in [2.75, 3.05) is 26.7 Å². The molecule has 2 heteroatoms. The van der Waals surface area contributed by atoms with Gasteiger partial charge < -0.3 is 10.2 Å². The summed E-state index contributed by atoms with van der Waals surface area (Å²) >= 11 is 0. The van der Waals surface area contributed by atoms with E-state index >= 15 is 0 Å². The smallest absolute Gasteiger partial charge is 0.00980 e. The van der Waals surface area contributed by atoms with E-state index in [0.717, 1.165) is 23.8 Å². The van der Waals surface area contributed by atoms with Crippen LogP contribution in [-0.2, 0) is 0 Å². The van der Waals surface area contributed by atoms with Crippen molar-refractivity contribution in [2.45, 2.75) is 64.8 Å². The topological polar surface area (TPSA) is 15.3 Å². The zero-order chi connectivity index (χ0) is 13.7. The molecule has 3 unspecified atom stereocenters. The molecule has 1 aliphatic heterocycles. The Hall–Kier alpha value is -0.0800. The Morgan fingerprint density at radius 3 is 2.63 bits per heavy atom. The zero-order valence-corrected chi connectivity index (χ0v) is 13.3. The number of nitrogens with one attached hydrogen (secondary N) is 1. The Morgan fingerprint density at radius 2 is 1.89 bits per heavy atom. The van der Waals surface area contributed by atoms with Gasteiger partial charge in [0, 0.05) is 12.6 Å². The van der Waals surface area contributed by atoms with E-state index in [4.69, 9.17) is 0 Å². The summed E-state index contributed by atoms with van der Waals surface area (Å²) < 4.78 is 0. The molecular formula is C17H34N2. The number of likely N-dealkylation sites (tertiary alicyclic amines) is 1. The van der Waals surface area contributed by atoms with Crippen LogP contribution in [0.2, 0.25) is 0 Å². The van der Waals surface area contributed by atoms with Gasteiger partial charge in [-0.05, 0) is 70.0 Å². The van der Waals surface area contributed by atoms with Crippen molar-refractivity contribution in [1.82, 2.24) is 10.2 Å². The second-order valence-electron chi connectivity index (χ2n) is 7.38. The third kappa shape index (κ3) is 4.75. The summed E-state index contributed by atoms with van der Waals surface area (Å²) in [6.45, 7) is 8.68. The summed E-state index contributed by atoms with van der Waals surface area (Å²) in [5, 5.41) is 3.37. The third-order valence-corrected chi connectivity index (χ3v) is 5.12. The maximum atomic E-state index is 3.37. The van der Waals surface area contributed by atoms with Crippen molar-refractivity contribution in [3.8, 4) is 0 Å². The van der Waals surface area contributed by atoms with Crippen LogP contribution in [0, 0.1) is 17.8 Å². The SMILES string of the molecule is CNCC1CCCN(C2CCCC(CC(C)C)C2)C1. The van der Waals surface area contributed by atoms with Crippen molar-refractivity contribution in [1.29, 1.82) is 0 Å². The van der Waals surface area contributed by atoms with Crippen LogP contribution in [-0.4, -0.2) is 37.6 Å². The van der Waals surface area contributed by atoms with Gasteiger partial charge in [-0.25, -0.2) is 0 Å². The van der Waals surface area contributed by atoms with Crippen molar-refractivity contribution >= 4 is 0 Å². The van der Waals surface area contributed by atoms with Crippen LogP contribution < -0.4 is 5.32 Å². The van der Waals surface area contributed by atoms with Crippen LogP contribution in [0.3, 0.4) is 0 Å². The number of rotatable bonds is 5. The molecule has 0 aromatic carbocycles. The van der Waals surface area contributed by atoms with E-state index < -0.39 is 0 Å². The van der Waals surface area contributed by atoms with Crippen molar-refractivity contribution in [2.24, 2.45) is 17.8 Å². The summed E-state index contributed by atoms with van der Waals surface area (Å²) in [4.78, 5) is 2.83. The number of hydrogen-bond acceptors (Lipinski definition) is 2. The molecule has 0 amide bonds. The van der Waals surface area contributed by atoms with Gasteiger partial charge in [0.25, 0.3) is 0 Å². The van der Waals surface area contributed by atoms with Crippen LogP contribution >= 0.6 is 0 Å². The molecule has 112 valence electrons. The Labute approximate surface area is 120 Å². The minimum Gasteiger partial charge on any atom is -0.319 e. The summed E-state index contributed by atoms with van der Waals surface area (Å²) in [6.07, 6.45) is 10.2. The van der Waals surface area contributed by atoms with E-state index in [2.05, 4.69) is 31.1 Å². The van der Waals surface area contributed by atoms with Gasteiger partial charge in [0.2, 0.25) is 0 Å². The summed E-state index contributed by atoms with van der Waals surface area (Å²) in [6, 6.07) is 0.900. The lowest BCUT2D eigenvalue weighted by Gasteiger charge is -2.42. The van der Waals surface area contributed by atoms with Gasteiger partial charge in [-0.15, -0.1) is 0 Å². The first-order valence-corrected chi connectivity index (χ1v) is 8.57. The highest BCUT2D eigenvalue weighted by Gasteiger charge is 2.30. The molecule has 3 atom stereocenters. The van der Waals surface area contributed by atoms with Crippen LogP contribution in [0.5, 0.6) is 0 Å². The van der Waals surface area contributed by atoms with Crippen LogP contribution in [0.1, 0.15) is 58.8 Å². The predicted molar refractivity (Wildman–Crippen MR) is 83.4 cm³/mol. The number of hydrogen-bond donors (Lipinski definition) is 1. The summed E-state index contributed by atoms with van der Waals surface area (Å²) in [7, 11) is 2.10. The minimum absolute atomic E-state index is 0.877. The molecule has 0 bridgehead atoms. The average molecular weight is 266 g/mol. The van der Waals surface area contributed by atoms with Gasteiger partial charge in [-0.1, -0.05) is 26.7 Å². The fraction of sp³-hybridized carbons (Fsp3) is 1.00. The first kappa shape index (κ1) is 15.3. The first-order chi connectivity index (χ1) is 9.19. The molecule has 19 heavy (non-hydrogen) atoms. The fourth-order valence-corrected chi connectivity index (χ4v) is 4.36. The molecule has 0 spiro atoms. The van der Waals surface area contributed by atoms with E-state index in [0.29, 0.717) is 0 Å². The van der Waals surface area contributed by atoms with E-state index in [-0.39, 0.29) is 0 Å². The van der Waals surface area contributed by atoms with Gasteiger partial charge in [0.05, 0.1) is 0 Å². The van der Waals surface area contributed by atoms with Crippen LogP contribution in [0.4, 0.5) is 0 Å². The van der Waals surface area contributed by atoms with E-state index in [1.807, 2.05) is 0 Å². The molecule has 1 aliphatic carbocycles. The molecule has 2 fully saturated rings. The molecule has 1 saturated carbocycles. The molecule has 0 aromatic rings. The maximum absolute atomic E-state index is 3.37. The third-order valence-electron chi connectivity index (χ3n) is 5.12. The first-order valence-electron chi connectivity index (χ1n) is 8.57. The van der Waals surface area contributed by atoms with Crippen molar-refractivity contribution in [3.63, 3.8) is 0 Å². The second kappa shape index (κ2) is 7.64. The largest absolute Gasteiger partial charge is 0.319 e. The quantitative estimate of drug-likeness (QED) is 0.819. The van der Waals surface area contributed by atoms with E-state index in [1.165, 1.54) is 64.6 Å². The monoisotopic (exact) mass is 266 g/mol. The standard InChI is InChI=1S/C17H34N2/c1-14(2)10-15-6-4-8-17(11-15)19-9-5-7-16(13-19)12-18-3/h14-18H,4-13H2,1-3H3. The summed E-state index contributed by atoms with van der Waals surface area (Å²) in [5.41, 5.74) is 0. The highest BCUT2D eigenvalue weighted by Crippen LogP contribution is 2.33. The second-order valence-corrected chi connectivity index (χ2v) is 7.38. The predicted octanol–water partition coefficient (Wildman–Crippen LogP) is 3.52. The Morgan fingerprint density at radius 1 is 1.11 bits per heavy atom. The maximum Gasteiger partial charge on any atom is 0.00980 e. The normalized spacial score (nSPS) is 33.8. The highest BCUT2D eigenvalue weighted by molar-refractivity contribution is 4.84. The molecular weight excluding hydrogens is 232 g/mol. The highest BCUT2D eigenvalue weighted by atomic mass is 15.2. The lowest BCUT2D eigenvalue weighted by Crippen LogP contribution is -2.46. The number of nitrogens with zero attached hydrogens (tertiary/aromatic N) is 1. The molecule has 0 radical (unpaired) electrons. The van der Waals surface area contributed by atoms with Crippen molar-refractivity contribution in [3.05, 3.63) is 0 Å². The molecule has 1 N–H and O–H groups in total. The van der Waals surface area contributed by atoms with Crippen LogP contribution in [0.25, 0.3) is 0 Å². The Kier molecular flexibility index (Phi) is 6.15. The lowest BCUT2D eigenvalue weighted by atomic mass is 9.80.